The van der Waals surface area contributed by atoms with E-state index in [9.17, 15) is 0 Å². The maximum atomic E-state index is 6.59. The van der Waals surface area contributed by atoms with Crippen LogP contribution in [-0.4, -0.2) is 15.0 Å². The van der Waals surface area contributed by atoms with Crippen molar-refractivity contribution in [2.45, 2.75) is 0 Å². The van der Waals surface area contributed by atoms with Gasteiger partial charge in [0.05, 0.1) is 0 Å². The van der Waals surface area contributed by atoms with E-state index in [2.05, 4.69) is 121 Å². The summed E-state index contributed by atoms with van der Waals surface area (Å²) >= 11 is 1.86. The van der Waals surface area contributed by atoms with Gasteiger partial charge in [0.2, 0.25) is 0 Å². The van der Waals surface area contributed by atoms with E-state index in [1.54, 1.807) is 0 Å². The zero-order valence-corrected chi connectivity index (χ0v) is 30.9. The monoisotopic (exact) mass is 733 g/mol. The number of fused-ring (bicyclic) bond motifs is 6. The van der Waals surface area contributed by atoms with Gasteiger partial charge in [0.15, 0.2) is 17.5 Å². The molecule has 11 aromatic rings. The molecule has 0 unspecified atom stereocenters. The van der Waals surface area contributed by atoms with Crippen LogP contribution in [0, 0.1) is 0 Å². The Labute approximate surface area is 327 Å². The second-order valence-electron chi connectivity index (χ2n) is 14.0. The molecule has 11 rings (SSSR count). The van der Waals surface area contributed by atoms with E-state index in [0.717, 1.165) is 55.3 Å². The highest BCUT2D eigenvalue weighted by molar-refractivity contribution is 7.26. The average molecular weight is 734 g/mol. The van der Waals surface area contributed by atoms with Crippen molar-refractivity contribution in [2.24, 2.45) is 0 Å². The summed E-state index contributed by atoms with van der Waals surface area (Å²) in [6, 6.07) is 65.7. The van der Waals surface area contributed by atoms with Crippen molar-refractivity contribution in [1.29, 1.82) is 0 Å². The topological polar surface area (TPSA) is 51.8 Å². The summed E-state index contributed by atoms with van der Waals surface area (Å²) in [5, 5.41) is 4.78. The number of rotatable bonds is 6. The molecule has 3 aromatic heterocycles. The Morgan fingerprint density at radius 3 is 1.55 bits per heavy atom. The van der Waals surface area contributed by atoms with Crippen molar-refractivity contribution >= 4 is 53.4 Å². The van der Waals surface area contributed by atoms with Gasteiger partial charge in [0, 0.05) is 53.2 Å². The number of para-hydroxylation sites is 1. The van der Waals surface area contributed by atoms with Gasteiger partial charge in [-0.05, 0) is 52.1 Å². The van der Waals surface area contributed by atoms with Gasteiger partial charge in [-0.15, -0.1) is 11.3 Å². The molecular weight excluding hydrogens is 703 g/mol. The Bertz CT molecular complexity index is 3170. The molecule has 0 N–H and O–H groups in total. The van der Waals surface area contributed by atoms with E-state index < -0.39 is 0 Å². The summed E-state index contributed by atoms with van der Waals surface area (Å²) in [5.41, 5.74) is 11.5. The summed E-state index contributed by atoms with van der Waals surface area (Å²) in [7, 11) is 0. The molecule has 0 radical (unpaired) electrons. The highest BCUT2D eigenvalue weighted by Crippen LogP contribution is 2.46. The minimum Gasteiger partial charge on any atom is -0.456 e. The predicted molar refractivity (Wildman–Crippen MR) is 233 cm³/mol. The summed E-state index contributed by atoms with van der Waals surface area (Å²) in [4.78, 5) is 14.8. The van der Waals surface area contributed by atoms with Crippen LogP contribution in [0.25, 0.3) is 110 Å². The molecule has 0 aliphatic heterocycles. The van der Waals surface area contributed by atoms with Gasteiger partial charge in [-0.3, -0.25) is 0 Å². The molecule has 0 fully saturated rings. The first-order valence-corrected chi connectivity index (χ1v) is 19.5. The molecule has 5 heteroatoms. The molecule has 3 heterocycles. The third kappa shape index (κ3) is 5.56. The minimum absolute atomic E-state index is 0.629. The minimum atomic E-state index is 0.629. The zero-order chi connectivity index (χ0) is 37.0. The fourth-order valence-corrected chi connectivity index (χ4v) is 9.07. The molecule has 0 aliphatic carbocycles. The van der Waals surface area contributed by atoms with Crippen LogP contribution in [0.5, 0.6) is 0 Å². The first-order valence-electron chi connectivity index (χ1n) is 18.7. The normalized spacial score (nSPS) is 11.6. The van der Waals surface area contributed by atoms with Crippen molar-refractivity contribution in [3.63, 3.8) is 0 Å². The van der Waals surface area contributed by atoms with Crippen molar-refractivity contribution in [2.75, 3.05) is 0 Å². The molecule has 262 valence electrons. The van der Waals surface area contributed by atoms with Gasteiger partial charge in [-0.2, -0.15) is 0 Å². The molecule has 0 saturated carbocycles. The lowest BCUT2D eigenvalue weighted by molar-refractivity contribution is 0.669. The second-order valence-corrected chi connectivity index (χ2v) is 15.0. The van der Waals surface area contributed by atoms with Crippen LogP contribution in [0.3, 0.4) is 0 Å². The molecule has 0 saturated heterocycles. The molecule has 0 aliphatic rings. The van der Waals surface area contributed by atoms with Gasteiger partial charge in [0.1, 0.15) is 11.2 Å². The molecule has 4 nitrogen and oxygen atoms in total. The van der Waals surface area contributed by atoms with E-state index in [1.807, 2.05) is 78.1 Å². The van der Waals surface area contributed by atoms with Gasteiger partial charge in [-0.25, -0.2) is 15.0 Å². The average Bonchev–Trinajstić information content (AvgIpc) is 3.85. The lowest BCUT2D eigenvalue weighted by Gasteiger charge is -2.11. The van der Waals surface area contributed by atoms with Crippen LogP contribution in [0.15, 0.2) is 192 Å². The summed E-state index contributed by atoms with van der Waals surface area (Å²) in [6.45, 7) is 0. The van der Waals surface area contributed by atoms with E-state index in [-0.39, 0.29) is 0 Å². The quantitative estimate of drug-likeness (QED) is 0.171. The van der Waals surface area contributed by atoms with Crippen LogP contribution in [0.2, 0.25) is 0 Å². The Morgan fingerprint density at radius 2 is 0.875 bits per heavy atom. The molecule has 0 bridgehead atoms. The molecule has 0 spiro atoms. The number of benzene rings is 8. The Kier molecular flexibility index (Phi) is 7.64. The number of nitrogens with zero attached hydrogens (tertiary/aromatic N) is 3. The standard InChI is InChI=1S/C51H31N3OS/c1-4-13-32(14-5-1)37-27-28-39-40-20-12-21-41(48(40)56-46(39)31-37)43-29-38(30-45-47(43)42-19-10-11-22-44(42)55-45)33-23-25-36(26-24-33)51-53-49(34-15-6-2-7-16-34)52-50(54-51)35-17-8-3-9-18-35/h1-31H. The highest BCUT2D eigenvalue weighted by atomic mass is 32.1. The molecule has 0 atom stereocenters. The summed E-state index contributed by atoms with van der Waals surface area (Å²) in [5.74, 6) is 1.92. The van der Waals surface area contributed by atoms with Crippen molar-refractivity contribution in [3.8, 4) is 67.5 Å². The van der Waals surface area contributed by atoms with Crippen molar-refractivity contribution < 1.29 is 4.42 Å². The van der Waals surface area contributed by atoms with Gasteiger partial charge < -0.3 is 4.42 Å². The number of furan rings is 1. The summed E-state index contributed by atoms with van der Waals surface area (Å²) < 4.78 is 9.14. The number of hydrogen-bond donors (Lipinski definition) is 0. The van der Waals surface area contributed by atoms with Crippen LogP contribution in [-0.2, 0) is 0 Å². The SMILES string of the molecule is c1ccc(-c2ccc3c(c2)sc2c(-c4cc(-c5ccc(-c6nc(-c7ccccc7)nc(-c7ccccc7)n6)cc5)cc5oc6ccccc6c45)cccc23)cc1. The molecule has 8 aromatic carbocycles. The highest BCUT2D eigenvalue weighted by Gasteiger charge is 2.19. The van der Waals surface area contributed by atoms with E-state index in [0.29, 0.717) is 17.5 Å². The number of hydrogen-bond acceptors (Lipinski definition) is 5. The van der Waals surface area contributed by atoms with Crippen molar-refractivity contribution in [1.82, 2.24) is 15.0 Å². The summed E-state index contributed by atoms with van der Waals surface area (Å²) in [6.07, 6.45) is 0. The second kappa shape index (κ2) is 13.3. The van der Waals surface area contributed by atoms with Crippen LogP contribution in [0.4, 0.5) is 0 Å². The smallest absolute Gasteiger partial charge is 0.164 e. The zero-order valence-electron chi connectivity index (χ0n) is 30.1. The lowest BCUT2D eigenvalue weighted by atomic mass is 9.93. The fourth-order valence-electron chi connectivity index (χ4n) is 7.80. The number of thiophene rings is 1. The van der Waals surface area contributed by atoms with Crippen molar-refractivity contribution in [3.05, 3.63) is 188 Å². The Balaban J connectivity index is 1.05. The molecular formula is C51H31N3OS. The Morgan fingerprint density at radius 1 is 0.339 bits per heavy atom. The fraction of sp³-hybridized carbons (Fsp3) is 0. The van der Waals surface area contributed by atoms with Crippen LogP contribution >= 0.6 is 11.3 Å². The first-order chi connectivity index (χ1) is 27.7. The van der Waals surface area contributed by atoms with E-state index >= 15 is 0 Å². The van der Waals surface area contributed by atoms with Gasteiger partial charge in [-0.1, -0.05) is 164 Å². The number of aromatic nitrogens is 3. The van der Waals surface area contributed by atoms with Gasteiger partial charge in [0.25, 0.3) is 0 Å². The maximum absolute atomic E-state index is 6.59. The first kappa shape index (κ1) is 32.2. The molecule has 56 heavy (non-hydrogen) atoms. The third-order valence-electron chi connectivity index (χ3n) is 10.6. The Hall–Kier alpha value is -7.21. The lowest BCUT2D eigenvalue weighted by Crippen LogP contribution is -2.00. The largest absolute Gasteiger partial charge is 0.456 e. The van der Waals surface area contributed by atoms with Gasteiger partial charge >= 0.3 is 0 Å². The van der Waals surface area contributed by atoms with E-state index in [1.165, 1.54) is 36.9 Å². The third-order valence-corrected chi connectivity index (χ3v) is 11.8. The van der Waals surface area contributed by atoms with Crippen LogP contribution < -0.4 is 0 Å². The van der Waals surface area contributed by atoms with Crippen LogP contribution in [0.1, 0.15) is 0 Å². The maximum Gasteiger partial charge on any atom is 0.164 e. The predicted octanol–water partition coefficient (Wildman–Crippen LogP) is 14.1. The van der Waals surface area contributed by atoms with E-state index in [4.69, 9.17) is 19.4 Å². The molecule has 0 amide bonds.